The Morgan fingerprint density at radius 3 is 2.67 bits per heavy atom. The molecule has 0 bridgehead atoms. The minimum Gasteiger partial charge on any atom is -0.469 e. The van der Waals surface area contributed by atoms with Crippen LogP contribution in [0.4, 0.5) is 13.2 Å². The van der Waals surface area contributed by atoms with Crippen molar-refractivity contribution in [3.63, 3.8) is 0 Å². The number of carbonyl (C=O) groups is 1. The second kappa shape index (κ2) is 6.82. The van der Waals surface area contributed by atoms with Gasteiger partial charge in [0.2, 0.25) is 5.91 Å². The maximum atomic E-state index is 12.3. The fourth-order valence-electron chi connectivity index (χ4n) is 1.45. The van der Waals surface area contributed by atoms with Gasteiger partial charge in [-0.25, -0.2) is 0 Å². The number of hydrogen-bond donors (Lipinski definition) is 0. The van der Waals surface area contributed by atoms with E-state index in [2.05, 4.69) is 15.9 Å². The third kappa shape index (κ3) is 5.57. The van der Waals surface area contributed by atoms with Crippen molar-refractivity contribution in [3.8, 4) is 0 Å². The van der Waals surface area contributed by atoms with Gasteiger partial charge in [-0.15, -0.1) is 0 Å². The average molecular weight is 328 g/mol. The summed E-state index contributed by atoms with van der Waals surface area (Å²) in [6, 6.07) is 3.36. The van der Waals surface area contributed by atoms with E-state index in [0.717, 1.165) is 4.90 Å². The molecule has 1 aromatic heterocycles. The van der Waals surface area contributed by atoms with Crippen LogP contribution in [0.25, 0.3) is 0 Å². The first-order chi connectivity index (χ1) is 8.42. The molecule has 0 atom stereocenters. The minimum absolute atomic E-state index is 0.0105. The van der Waals surface area contributed by atoms with Gasteiger partial charge >= 0.3 is 6.18 Å². The summed E-state index contributed by atoms with van der Waals surface area (Å²) in [6.45, 7) is -1.17. The number of nitrogens with zero attached hydrogens (tertiary/aromatic N) is 1. The summed E-state index contributed by atoms with van der Waals surface area (Å²) < 4.78 is 41.8. The van der Waals surface area contributed by atoms with Crippen LogP contribution in [0, 0.1) is 0 Å². The maximum absolute atomic E-state index is 12.3. The zero-order valence-electron chi connectivity index (χ0n) is 9.54. The number of halogens is 4. The number of carbonyl (C=O) groups excluding carboxylic acids is 1. The summed E-state index contributed by atoms with van der Waals surface area (Å²) >= 11 is 3.04. The Hall–Kier alpha value is -0.980. The van der Waals surface area contributed by atoms with E-state index in [0.29, 0.717) is 17.5 Å². The molecular formula is C11H13BrF3NO2. The van der Waals surface area contributed by atoms with E-state index in [1.165, 1.54) is 6.26 Å². The number of furan rings is 1. The van der Waals surface area contributed by atoms with E-state index in [1.807, 2.05) is 0 Å². The molecule has 0 aromatic carbocycles. The molecule has 0 N–H and O–H groups in total. The molecule has 1 rings (SSSR count). The van der Waals surface area contributed by atoms with Crippen LogP contribution in [0.15, 0.2) is 22.8 Å². The Morgan fingerprint density at radius 1 is 1.44 bits per heavy atom. The fraction of sp³-hybridized carbons (Fsp3) is 0.545. The highest BCUT2D eigenvalue weighted by atomic mass is 79.9. The SMILES string of the molecule is O=C(CCc1ccco1)N(CCBr)CC(F)(F)F. The van der Waals surface area contributed by atoms with Crippen molar-refractivity contribution in [2.24, 2.45) is 0 Å². The lowest BCUT2D eigenvalue weighted by Gasteiger charge is -2.22. The average Bonchev–Trinajstić information content (AvgIpc) is 2.76. The molecule has 0 aliphatic rings. The van der Waals surface area contributed by atoms with Gasteiger partial charge in [-0.3, -0.25) is 4.79 Å². The van der Waals surface area contributed by atoms with Crippen LogP contribution in [0.1, 0.15) is 12.2 Å². The smallest absolute Gasteiger partial charge is 0.406 e. The Kier molecular flexibility index (Phi) is 5.71. The molecule has 1 heterocycles. The Morgan fingerprint density at radius 2 is 2.17 bits per heavy atom. The maximum Gasteiger partial charge on any atom is 0.406 e. The van der Waals surface area contributed by atoms with E-state index in [9.17, 15) is 18.0 Å². The van der Waals surface area contributed by atoms with Crippen molar-refractivity contribution in [2.45, 2.75) is 19.0 Å². The van der Waals surface area contributed by atoms with E-state index < -0.39 is 18.6 Å². The number of aryl methyl sites for hydroxylation is 1. The molecule has 1 aromatic rings. The molecule has 0 fully saturated rings. The molecule has 0 unspecified atom stereocenters. The van der Waals surface area contributed by atoms with E-state index in [4.69, 9.17) is 4.42 Å². The van der Waals surface area contributed by atoms with Crippen molar-refractivity contribution in [3.05, 3.63) is 24.2 Å². The lowest BCUT2D eigenvalue weighted by atomic mass is 10.2. The van der Waals surface area contributed by atoms with Crippen molar-refractivity contribution < 1.29 is 22.4 Å². The van der Waals surface area contributed by atoms with E-state index in [-0.39, 0.29) is 13.0 Å². The van der Waals surface area contributed by atoms with E-state index >= 15 is 0 Å². The minimum atomic E-state index is -4.37. The largest absolute Gasteiger partial charge is 0.469 e. The first-order valence-electron chi connectivity index (χ1n) is 5.35. The lowest BCUT2D eigenvalue weighted by molar-refractivity contribution is -0.160. The Labute approximate surface area is 111 Å². The van der Waals surface area contributed by atoms with Crippen LogP contribution in [0.3, 0.4) is 0 Å². The Balaban J connectivity index is 2.48. The highest BCUT2D eigenvalue weighted by Crippen LogP contribution is 2.17. The predicted molar refractivity (Wildman–Crippen MR) is 63.5 cm³/mol. The quantitative estimate of drug-likeness (QED) is 0.752. The highest BCUT2D eigenvalue weighted by Gasteiger charge is 2.32. The molecule has 0 spiro atoms. The zero-order valence-corrected chi connectivity index (χ0v) is 11.1. The van der Waals surface area contributed by atoms with Crippen molar-refractivity contribution in [2.75, 3.05) is 18.4 Å². The van der Waals surface area contributed by atoms with Crippen LogP contribution in [0.2, 0.25) is 0 Å². The summed E-state index contributed by atoms with van der Waals surface area (Å²) in [5.74, 6) is 0.0670. The van der Waals surface area contributed by atoms with Gasteiger partial charge in [0.1, 0.15) is 12.3 Å². The summed E-state index contributed by atoms with van der Waals surface area (Å²) in [6.07, 6.45) is -2.59. The van der Waals surface area contributed by atoms with Crippen molar-refractivity contribution in [1.29, 1.82) is 0 Å². The zero-order chi connectivity index (χ0) is 13.6. The number of alkyl halides is 4. The Bertz CT molecular complexity index is 365. The number of amides is 1. The number of hydrogen-bond acceptors (Lipinski definition) is 2. The van der Waals surface area contributed by atoms with Gasteiger partial charge in [-0.2, -0.15) is 13.2 Å². The third-order valence-electron chi connectivity index (χ3n) is 2.24. The van der Waals surface area contributed by atoms with Gasteiger partial charge in [0.05, 0.1) is 6.26 Å². The summed E-state index contributed by atoms with van der Waals surface area (Å²) in [5.41, 5.74) is 0. The molecule has 3 nitrogen and oxygen atoms in total. The van der Waals surface area contributed by atoms with Gasteiger partial charge in [0, 0.05) is 24.7 Å². The molecule has 0 saturated carbocycles. The van der Waals surface area contributed by atoms with Crippen molar-refractivity contribution >= 4 is 21.8 Å². The monoisotopic (exact) mass is 327 g/mol. The molecule has 0 aliphatic carbocycles. The van der Waals surface area contributed by atoms with Crippen molar-refractivity contribution in [1.82, 2.24) is 4.90 Å². The van der Waals surface area contributed by atoms with Gasteiger partial charge in [0.15, 0.2) is 0 Å². The summed E-state index contributed by atoms with van der Waals surface area (Å²) in [4.78, 5) is 12.5. The second-order valence-electron chi connectivity index (χ2n) is 3.70. The molecule has 18 heavy (non-hydrogen) atoms. The van der Waals surface area contributed by atoms with Crippen LogP contribution >= 0.6 is 15.9 Å². The van der Waals surface area contributed by atoms with Gasteiger partial charge in [-0.1, -0.05) is 15.9 Å². The third-order valence-corrected chi connectivity index (χ3v) is 2.60. The van der Waals surface area contributed by atoms with E-state index in [1.54, 1.807) is 12.1 Å². The normalized spacial score (nSPS) is 11.6. The topological polar surface area (TPSA) is 33.5 Å². The molecule has 102 valence electrons. The van der Waals surface area contributed by atoms with Gasteiger partial charge < -0.3 is 9.32 Å². The molecule has 7 heteroatoms. The van der Waals surface area contributed by atoms with Crippen LogP contribution in [0.5, 0.6) is 0 Å². The number of rotatable bonds is 6. The highest BCUT2D eigenvalue weighted by molar-refractivity contribution is 9.09. The van der Waals surface area contributed by atoms with Gasteiger partial charge in [-0.05, 0) is 12.1 Å². The molecule has 0 aliphatic heterocycles. The summed E-state index contributed by atoms with van der Waals surface area (Å²) in [5, 5.41) is 0.315. The van der Waals surface area contributed by atoms with Crippen LogP contribution in [-0.2, 0) is 11.2 Å². The van der Waals surface area contributed by atoms with Crippen LogP contribution in [-0.4, -0.2) is 35.4 Å². The predicted octanol–water partition coefficient (Wildman–Crippen LogP) is 3.00. The van der Waals surface area contributed by atoms with Gasteiger partial charge in [0.25, 0.3) is 0 Å². The van der Waals surface area contributed by atoms with Crippen LogP contribution < -0.4 is 0 Å². The second-order valence-corrected chi connectivity index (χ2v) is 4.49. The molecular weight excluding hydrogens is 315 g/mol. The molecule has 0 saturated heterocycles. The molecule has 1 amide bonds. The first kappa shape index (κ1) is 15.1. The first-order valence-corrected chi connectivity index (χ1v) is 6.47. The summed E-state index contributed by atoms with van der Waals surface area (Å²) in [7, 11) is 0. The molecule has 0 radical (unpaired) electrons. The fourth-order valence-corrected chi connectivity index (χ4v) is 1.88. The standard InChI is InChI=1S/C11H13BrF3NO2/c12-5-6-16(8-11(13,14)15)10(17)4-3-9-2-1-7-18-9/h1-2,7H,3-6,8H2. The lowest BCUT2D eigenvalue weighted by Crippen LogP contribution is -2.40.